The zero-order chi connectivity index (χ0) is 18.2. The van der Waals surface area contributed by atoms with Crippen LogP contribution < -0.4 is 4.74 Å². The third-order valence-electron chi connectivity index (χ3n) is 6.85. The van der Waals surface area contributed by atoms with Gasteiger partial charge in [-0.3, -0.25) is 0 Å². The van der Waals surface area contributed by atoms with E-state index in [0.717, 1.165) is 31.1 Å². The Bertz CT molecular complexity index is 510. The molecule has 2 aliphatic rings. The van der Waals surface area contributed by atoms with E-state index in [4.69, 9.17) is 9.47 Å². The Morgan fingerprint density at radius 3 is 2.19 bits per heavy atom. The van der Waals surface area contributed by atoms with E-state index in [1.54, 1.807) is 0 Å². The Morgan fingerprint density at radius 2 is 1.58 bits per heavy atom. The number of rotatable bonds is 8. The number of ether oxygens (including phenoxy) is 2. The van der Waals surface area contributed by atoms with Crippen molar-refractivity contribution in [3.63, 3.8) is 0 Å². The molecule has 2 fully saturated rings. The van der Waals surface area contributed by atoms with Gasteiger partial charge in [-0.1, -0.05) is 57.6 Å². The third-order valence-corrected chi connectivity index (χ3v) is 6.85. The molecule has 0 bridgehead atoms. The standard InChI is InChI=1S/C24H38O2/c1-3-20-13-15-22(16-14-20)26-23(25-4-2)19-24(17-9-6-10-18-24)21-11-7-5-8-12-21/h13-16,21,23H,3-12,17-19H2,1-2H3. The van der Waals surface area contributed by atoms with Crippen LogP contribution in [0.25, 0.3) is 0 Å². The van der Waals surface area contributed by atoms with Crippen molar-refractivity contribution in [3.05, 3.63) is 29.8 Å². The first-order valence-electron chi connectivity index (χ1n) is 11.1. The van der Waals surface area contributed by atoms with Gasteiger partial charge in [0.05, 0.1) is 0 Å². The van der Waals surface area contributed by atoms with Crippen molar-refractivity contribution in [2.24, 2.45) is 11.3 Å². The molecule has 0 saturated heterocycles. The van der Waals surface area contributed by atoms with Crippen LogP contribution in [0.1, 0.15) is 90.0 Å². The first-order chi connectivity index (χ1) is 12.8. The molecule has 1 aromatic carbocycles. The van der Waals surface area contributed by atoms with Crippen molar-refractivity contribution in [1.29, 1.82) is 0 Å². The van der Waals surface area contributed by atoms with Crippen molar-refractivity contribution >= 4 is 0 Å². The molecule has 2 nitrogen and oxygen atoms in total. The minimum atomic E-state index is -0.104. The Hall–Kier alpha value is -1.02. The predicted octanol–water partition coefficient (Wildman–Crippen LogP) is 6.91. The zero-order valence-electron chi connectivity index (χ0n) is 17.0. The molecule has 0 aromatic heterocycles. The lowest BCUT2D eigenvalue weighted by Gasteiger charge is -2.47. The summed E-state index contributed by atoms with van der Waals surface area (Å²) in [6.45, 7) is 5.00. The van der Waals surface area contributed by atoms with E-state index in [1.807, 2.05) is 0 Å². The summed E-state index contributed by atoms with van der Waals surface area (Å²) in [6.07, 6.45) is 16.1. The molecule has 2 aliphatic carbocycles. The number of hydrogen-bond acceptors (Lipinski definition) is 2. The van der Waals surface area contributed by atoms with Crippen molar-refractivity contribution in [1.82, 2.24) is 0 Å². The second-order valence-corrected chi connectivity index (χ2v) is 8.46. The van der Waals surface area contributed by atoms with E-state index in [2.05, 4.69) is 38.1 Å². The van der Waals surface area contributed by atoms with Crippen molar-refractivity contribution in [2.45, 2.75) is 97.2 Å². The first kappa shape index (κ1) is 19.7. The summed E-state index contributed by atoms with van der Waals surface area (Å²) in [5.41, 5.74) is 1.80. The van der Waals surface area contributed by atoms with Crippen molar-refractivity contribution in [2.75, 3.05) is 6.61 Å². The van der Waals surface area contributed by atoms with Gasteiger partial charge < -0.3 is 9.47 Å². The molecule has 2 heteroatoms. The maximum atomic E-state index is 6.35. The van der Waals surface area contributed by atoms with Gasteiger partial charge >= 0.3 is 0 Å². The zero-order valence-corrected chi connectivity index (χ0v) is 17.0. The monoisotopic (exact) mass is 358 g/mol. The fourth-order valence-electron chi connectivity index (χ4n) is 5.36. The predicted molar refractivity (Wildman–Crippen MR) is 109 cm³/mol. The summed E-state index contributed by atoms with van der Waals surface area (Å²) in [4.78, 5) is 0. The lowest BCUT2D eigenvalue weighted by molar-refractivity contribution is -0.119. The van der Waals surface area contributed by atoms with Gasteiger partial charge in [0.1, 0.15) is 5.75 Å². The van der Waals surface area contributed by atoms with Crippen LogP contribution >= 0.6 is 0 Å². The maximum absolute atomic E-state index is 6.35. The molecule has 2 saturated carbocycles. The molecule has 0 spiro atoms. The second kappa shape index (κ2) is 9.78. The lowest BCUT2D eigenvalue weighted by Crippen LogP contribution is -2.39. The number of aryl methyl sites for hydroxylation is 1. The summed E-state index contributed by atoms with van der Waals surface area (Å²) in [5, 5.41) is 0. The molecular weight excluding hydrogens is 320 g/mol. The summed E-state index contributed by atoms with van der Waals surface area (Å²) in [7, 11) is 0. The van der Waals surface area contributed by atoms with Gasteiger partial charge in [-0.25, -0.2) is 0 Å². The van der Waals surface area contributed by atoms with Crippen molar-refractivity contribution < 1.29 is 9.47 Å². The molecule has 0 radical (unpaired) electrons. The van der Waals surface area contributed by atoms with Gasteiger partial charge in [0.15, 0.2) is 6.29 Å². The second-order valence-electron chi connectivity index (χ2n) is 8.46. The number of benzene rings is 1. The van der Waals surface area contributed by atoms with Crippen molar-refractivity contribution in [3.8, 4) is 5.75 Å². The summed E-state index contributed by atoms with van der Waals surface area (Å²) in [5.74, 6) is 1.83. The van der Waals surface area contributed by atoms with Crippen LogP contribution in [-0.2, 0) is 11.2 Å². The molecule has 0 N–H and O–H groups in total. The van der Waals surface area contributed by atoms with Crippen LogP contribution in [0.4, 0.5) is 0 Å². The van der Waals surface area contributed by atoms with Gasteiger partial charge in [0.25, 0.3) is 0 Å². The fourth-order valence-corrected chi connectivity index (χ4v) is 5.36. The van der Waals surface area contributed by atoms with Gasteiger partial charge in [-0.15, -0.1) is 0 Å². The minimum absolute atomic E-state index is 0.104. The highest BCUT2D eigenvalue weighted by molar-refractivity contribution is 5.27. The molecule has 146 valence electrons. The van der Waals surface area contributed by atoms with Crippen LogP contribution in [0.15, 0.2) is 24.3 Å². The normalized spacial score (nSPS) is 22.1. The highest BCUT2D eigenvalue weighted by Crippen LogP contribution is 2.51. The minimum Gasteiger partial charge on any atom is -0.465 e. The lowest BCUT2D eigenvalue weighted by atomic mass is 9.60. The van der Waals surface area contributed by atoms with E-state index < -0.39 is 0 Å². The Balaban J connectivity index is 1.71. The highest BCUT2D eigenvalue weighted by Gasteiger charge is 2.42. The Kier molecular flexibility index (Phi) is 7.42. The van der Waals surface area contributed by atoms with E-state index in [9.17, 15) is 0 Å². The molecule has 0 amide bonds. The molecule has 3 rings (SSSR count). The average molecular weight is 359 g/mol. The van der Waals surface area contributed by atoms with Crippen LogP contribution in [-0.4, -0.2) is 12.9 Å². The molecule has 1 unspecified atom stereocenters. The van der Waals surface area contributed by atoms with Crippen LogP contribution in [0.2, 0.25) is 0 Å². The smallest absolute Gasteiger partial charge is 0.200 e. The van der Waals surface area contributed by atoms with Crippen LogP contribution in [0, 0.1) is 11.3 Å². The maximum Gasteiger partial charge on any atom is 0.200 e. The molecule has 0 heterocycles. The molecule has 1 atom stereocenters. The van der Waals surface area contributed by atoms with Gasteiger partial charge in [0, 0.05) is 13.0 Å². The van der Waals surface area contributed by atoms with Gasteiger partial charge in [-0.05, 0) is 68.1 Å². The molecular formula is C24H38O2. The largest absolute Gasteiger partial charge is 0.465 e. The number of hydrogen-bond donors (Lipinski definition) is 0. The Labute approximate surface area is 160 Å². The fraction of sp³-hybridized carbons (Fsp3) is 0.750. The average Bonchev–Trinajstić information content (AvgIpc) is 2.70. The first-order valence-corrected chi connectivity index (χ1v) is 11.1. The van der Waals surface area contributed by atoms with E-state index in [1.165, 1.54) is 69.8 Å². The van der Waals surface area contributed by atoms with Gasteiger partial charge in [0.2, 0.25) is 0 Å². The van der Waals surface area contributed by atoms with Crippen LogP contribution in [0.5, 0.6) is 5.75 Å². The summed E-state index contributed by atoms with van der Waals surface area (Å²) >= 11 is 0. The summed E-state index contributed by atoms with van der Waals surface area (Å²) in [6, 6.07) is 8.57. The molecule has 0 aliphatic heterocycles. The molecule has 1 aromatic rings. The quantitative estimate of drug-likeness (QED) is 0.470. The Morgan fingerprint density at radius 1 is 0.923 bits per heavy atom. The topological polar surface area (TPSA) is 18.5 Å². The SMILES string of the molecule is CCOC(CC1(C2CCCCC2)CCCCC1)Oc1ccc(CC)cc1. The van der Waals surface area contributed by atoms with E-state index in [-0.39, 0.29) is 6.29 Å². The molecule has 26 heavy (non-hydrogen) atoms. The third kappa shape index (κ3) is 5.03. The highest BCUT2D eigenvalue weighted by atomic mass is 16.7. The van der Waals surface area contributed by atoms with E-state index >= 15 is 0 Å². The van der Waals surface area contributed by atoms with E-state index in [0.29, 0.717) is 5.41 Å². The van der Waals surface area contributed by atoms with Crippen LogP contribution in [0.3, 0.4) is 0 Å². The van der Waals surface area contributed by atoms with Gasteiger partial charge in [-0.2, -0.15) is 0 Å². The summed E-state index contributed by atoms with van der Waals surface area (Å²) < 4.78 is 12.4.